The Hall–Kier alpha value is -3.98. The Bertz CT molecular complexity index is 2150. The van der Waals surface area contributed by atoms with Crippen LogP contribution in [-0.2, 0) is 31.1 Å². The zero-order valence-corrected chi connectivity index (χ0v) is 34.2. The number of ketones is 2. The van der Waals surface area contributed by atoms with Gasteiger partial charge in [-0.15, -0.1) is 0 Å². The van der Waals surface area contributed by atoms with Gasteiger partial charge in [0.05, 0.1) is 22.5 Å². The molecule has 0 radical (unpaired) electrons. The minimum atomic E-state index is -4.27. The number of nitrogens with one attached hydrogen (secondary N) is 1. The number of carbonyl (C=O) groups is 3. The predicted molar refractivity (Wildman–Crippen MR) is 212 cm³/mol. The van der Waals surface area contributed by atoms with E-state index < -0.39 is 42.6 Å². The van der Waals surface area contributed by atoms with E-state index in [4.69, 9.17) is 0 Å². The van der Waals surface area contributed by atoms with Crippen molar-refractivity contribution in [1.82, 2.24) is 5.32 Å². The van der Waals surface area contributed by atoms with E-state index in [9.17, 15) is 40.3 Å². The van der Waals surface area contributed by atoms with Gasteiger partial charge in [0.15, 0.2) is 17.3 Å². The highest BCUT2D eigenvalue weighted by molar-refractivity contribution is 7.86. The number of anilines is 1. The number of hydrogen-bond acceptors (Lipinski definition) is 8. The van der Waals surface area contributed by atoms with Gasteiger partial charge in [0.25, 0.3) is 26.1 Å². The number of fused-ring (bicyclic) bond motifs is 2. The third-order valence-corrected chi connectivity index (χ3v) is 11.7. The Labute approximate surface area is 319 Å². The Kier molecular flexibility index (Phi) is 13.0. The van der Waals surface area contributed by atoms with Crippen LogP contribution in [0.15, 0.2) is 54.3 Å². The third kappa shape index (κ3) is 9.10. The first-order chi connectivity index (χ1) is 25.1. The summed E-state index contributed by atoms with van der Waals surface area (Å²) in [4.78, 5) is 42.2. The van der Waals surface area contributed by atoms with Gasteiger partial charge in [0.2, 0.25) is 5.69 Å². The SMILES string of the molecule is CCCC(=O)c1cc(C(=O)NCC)cc2c1C(C)(C)C(=CC=CC1=[N+](CCCS(=O)(=O)O)c3cccc(C(=O)C(C)C)c3C1(C)C)N2CCCS(=O)(=O)O. The summed E-state index contributed by atoms with van der Waals surface area (Å²) in [5.41, 5.74) is 4.23. The van der Waals surface area contributed by atoms with E-state index in [1.54, 1.807) is 19.1 Å². The maximum absolute atomic E-state index is 13.7. The van der Waals surface area contributed by atoms with E-state index in [-0.39, 0.29) is 55.7 Å². The predicted octanol–water partition coefficient (Wildman–Crippen LogP) is 6.43. The summed E-state index contributed by atoms with van der Waals surface area (Å²) in [6.07, 6.45) is 6.70. The van der Waals surface area contributed by atoms with Crippen molar-refractivity contribution < 1.29 is 44.9 Å². The molecule has 0 saturated carbocycles. The van der Waals surface area contributed by atoms with Crippen molar-refractivity contribution in [2.75, 3.05) is 36.0 Å². The summed E-state index contributed by atoms with van der Waals surface area (Å²) in [6.45, 7) is 16.1. The molecule has 2 aromatic rings. The molecule has 0 saturated heterocycles. The Balaban J connectivity index is 1.92. The van der Waals surface area contributed by atoms with Crippen molar-refractivity contribution in [2.24, 2.45) is 5.92 Å². The van der Waals surface area contributed by atoms with Gasteiger partial charge in [-0.1, -0.05) is 52.8 Å². The first-order valence-corrected chi connectivity index (χ1v) is 21.7. The molecule has 0 aliphatic carbocycles. The molecule has 12 nitrogen and oxygen atoms in total. The van der Waals surface area contributed by atoms with Crippen molar-refractivity contribution >= 4 is 54.8 Å². The first-order valence-electron chi connectivity index (χ1n) is 18.5. The fourth-order valence-electron chi connectivity index (χ4n) is 7.72. The molecule has 0 fully saturated rings. The second kappa shape index (κ2) is 16.4. The van der Waals surface area contributed by atoms with Crippen LogP contribution in [0.5, 0.6) is 0 Å². The van der Waals surface area contributed by atoms with Crippen molar-refractivity contribution in [3.63, 3.8) is 0 Å². The molecule has 0 spiro atoms. The molecular weight excluding hydrogens is 731 g/mol. The molecule has 14 heteroatoms. The third-order valence-electron chi connectivity index (χ3n) is 10.1. The van der Waals surface area contributed by atoms with Crippen LogP contribution in [-0.4, -0.2) is 84.8 Å². The van der Waals surface area contributed by atoms with Gasteiger partial charge < -0.3 is 10.2 Å². The summed E-state index contributed by atoms with van der Waals surface area (Å²) < 4.78 is 67.9. The maximum Gasteiger partial charge on any atom is 0.265 e. The van der Waals surface area contributed by atoms with E-state index in [0.29, 0.717) is 40.9 Å². The molecule has 2 aliphatic heterocycles. The zero-order chi connectivity index (χ0) is 40.4. The second-order valence-electron chi connectivity index (χ2n) is 15.3. The van der Waals surface area contributed by atoms with Crippen LogP contribution in [0.1, 0.15) is 123 Å². The lowest BCUT2D eigenvalue weighted by molar-refractivity contribution is -0.437. The topological polar surface area (TPSA) is 178 Å². The number of rotatable bonds is 17. The van der Waals surface area contributed by atoms with Crippen LogP contribution in [0.25, 0.3) is 0 Å². The van der Waals surface area contributed by atoms with Gasteiger partial charge in [0.1, 0.15) is 6.54 Å². The molecule has 4 rings (SSSR count). The average Bonchev–Trinajstić information content (AvgIpc) is 3.41. The van der Waals surface area contributed by atoms with Crippen molar-refractivity contribution in [1.29, 1.82) is 0 Å². The molecule has 0 bridgehead atoms. The molecule has 2 heterocycles. The van der Waals surface area contributed by atoms with Crippen LogP contribution in [0.2, 0.25) is 0 Å². The summed E-state index contributed by atoms with van der Waals surface area (Å²) >= 11 is 0. The van der Waals surface area contributed by atoms with Crippen LogP contribution in [0.4, 0.5) is 11.4 Å². The molecule has 294 valence electrons. The Morgan fingerprint density at radius 2 is 1.56 bits per heavy atom. The van der Waals surface area contributed by atoms with Gasteiger partial charge in [-0.25, -0.2) is 0 Å². The van der Waals surface area contributed by atoms with Crippen LogP contribution < -0.4 is 10.2 Å². The highest BCUT2D eigenvalue weighted by atomic mass is 32.2. The molecule has 1 amide bonds. The summed E-state index contributed by atoms with van der Waals surface area (Å²) in [7, 11) is -8.48. The monoisotopic (exact) mass is 784 g/mol. The van der Waals surface area contributed by atoms with Crippen LogP contribution in [0.3, 0.4) is 0 Å². The Morgan fingerprint density at radius 3 is 2.15 bits per heavy atom. The van der Waals surface area contributed by atoms with E-state index in [1.807, 2.05) is 94.4 Å². The standard InChI is InChI=1S/C40H53N3O9S2/c1-9-15-32(44)29-24-27(38(46)41-10-2)25-31-36(29)40(7,8)34(43(31)21-14-23-54(50,51)52)19-12-18-33-39(5,6)35-28(37(45)26(3)4)16-11-17-30(35)42(33)20-13-22-53(47,48)49/h11-12,16-19,24-26H,9-10,13-15,20-23H2,1-8H3,(H2-,41,46,47,48,49,50,51,52)/p+1. The smallest absolute Gasteiger partial charge is 0.265 e. The summed E-state index contributed by atoms with van der Waals surface area (Å²) in [5.74, 6) is -1.66. The minimum Gasteiger partial charge on any atom is -0.352 e. The number of allylic oxidation sites excluding steroid dienone is 4. The van der Waals surface area contributed by atoms with Crippen LogP contribution >= 0.6 is 0 Å². The van der Waals surface area contributed by atoms with Gasteiger partial charge in [-0.3, -0.25) is 23.5 Å². The molecule has 0 aromatic heterocycles. The second-order valence-corrected chi connectivity index (χ2v) is 18.4. The van der Waals surface area contributed by atoms with Gasteiger partial charge in [0, 0.05) is 77.5 Å². The number of benzene rings is 2. The lowest BCUT2D eigenvalue weighted by atomic mass is 9.77. The minimum absolute atomic E-state index is 0.0171. The zero-order valence-electron chi connectivity index (χ0n) is 32.5. The first kappa shape index (κ1) is 42.8. The average molecular weight is 785 g/mol. The van der Waals surface area contributed by atoms with E-state index in [0.717, 1.165) is 22.7 Å². The molecule has 2 aromatic carbocycles. The summed E-state index contributed by atoms with van der Waals surface area (Å²) in [6, 6.07) is 8.87. The molecule has 0 unspecified atom stereocenters. The van der Waals surface area contributed by atoms with E-state index in [2.05, 4.69) is 5.32 Å². The number of amides is 1. The molecular formula is C40H54N3O9S2+. The van der Waals surface area contributed by atoms with Gasteiger partial charge >= 0.3 is 0 Å². The highest BCUT2D eigenvalue weighted by Gasteiger charge is 2.47. The normalized spacial score (nSPS) is 17.1. The largest absolute Gasteiger partial charge is 0.352 e. The quantitative estimate of drug-likeness (QED) is 0.0921. The van der Waals surface area contributed by atoms with Gasteiger partial charge in [-0.05, 0) is 57.4 Å². The van der Waals surface area contributed by atoms with Gasteiger partial charge in [-0.2, -0.15) is 21.4 Å². The van der Waals surface area contributed by atoms with Crippen molar-refractivity contribution in [3.8, 4) is 0 Å². The van der Waals surface area contributed by atoms with Crippen molar-refractivity contribution in [2.45, 2.75) is 91.9 Å². The van der Waals surface area contributed by atoms with Crippen LogP contribution in [0, 0.1) is 5.92 Å². The fourth-order valence-corrected chi connectivity index (χ4v) is 8.71. The highest BCUT2D eigenvalue weighted by Crippen LogP contribution is 2.50. The lowest BCUT2D eigenvalue weighted by Gasteiger charge is -2.27. The lowest BCUT2D eigenvalue weighted by Crippen LogP contribution is -2.30. The maximum atomic E-state index is 13.7. The number of nitrogens with zero attached hydrogens (tertiary/aromatic N) is 2. The molecule has 3 N–H and O–H groups in total. The number of Topliss-reactive ketones (excluding diaryl/α,β-unsaturated/α-hetero) is 2. The number of hydrogen-bond donors (Lipinski definition) is 3. The van der Waals surface area contributed by atoms with Crippen molar-refractivity contribution in [3.05, 3.63) is 82.1 Å². The molecule has 54 heavy (non-hydrogen) atoms. The Morgan fingerprint density at radius 1 is 0.907 bits per heavy atom. The molecule has 2 aliphatic rings. The summed E-state index contributed by atoms with van der Waals surface area (Å²) in [5, 5.41) is 2.80. The van der Waals surface area contributed by atoms with E-state index in [1.165, 1.54) is 0 Å². The number of carbonyl (C=O) groups excluding carboxylic acids is 3. The fraction of sp³-hybridized carbons (Fsp3) is 0.500. The van der Waals surface area contributed by atoms with E-state index >= 15 is 0 Å². The molecule has 0 atom stereocenters.